The molecular formula is C16H26N2O. The number of aryl methyl sites for hydroxylation is 2. The van der Waals surface area contributed by atoms with Gasteiger partial charge in [0.15, 0.2) is 0 Å². The maximum Gasteiger partial charge on any atom is 0.0674 e. The predicted molar refractivity (Wildman–Crippen MR) is 79.6 cm³/mol. The second-order valence-electron chi connectivity index (χ2n) is 5.64. The average Bonchev–Trinajstić information content (AvgIpc) is 2.37. The van der Waals surface area contributed by atoms with Crippen LogP contribution in [-0.4, -0.2) is 44.3 Å². The SMILES string of the molecule is CNC(CN1CCOC(C)C1)c1ccc(C)cc1C. The Kier molecular flexibility index (Phi) is 4.97. The topological polar surface area (TPSA) is 24.5 Å². The Hall–Kier alpha value is -0.900. The second-order valence-corrected chi connectivity index (χ2v) is 5.64. The van der Waals surface area contributed by atoms with E-state index in [4.69, 9.17) is 4.74 Å². The van der Waals surface area contributed by atoms with Crippen molar-refractivity contribution in [2.45, 2.75) is 32.9 Å². The molecule has 0 saturated carbocycles. The Morgan fingerprint density at radius 3 is 2.84 bits per heavy atom. The fourth-order valence-electron chi connectivity index (χ4n) is 2.88. The van der Waals surface area contributed by atoms with Gasteiger partial charge in [0.25, 0.3) is 0 Å². The predicted octanol–water partition coefficient (Wildman–Crippen LogP) is 2.28. The van der Waals surface area contributed by atoms with Gasteiger partial charge in [0.05, 0.1) is 12.7 Å². The average molecular weight is 262 g/mol. The number of ether oxygens (including phenoxy) is 1. The van der Waals surface area contributed by atoms with Gasteiger partial charge in [0.2, 0.25) is 0 Å². The Morgan fingerprint density at radius 2 is 2.21 bits per heavy atom. The van der Waals surface area contributed by atoms with E-state index in [1.165, 1.54) is 16.7 Å². The van der Waals surface area contributed by atoms with E-state index in [9.17, 15) is 0 Å². The van der Waals surface area contributed by atoms with Gasteiger partial charge < -0.3 is 10.1 Å². The van der Waals surface area contributed by atoms with Crippen LogP contribution in [0.4, 0.5) is 0 Å². The van der Waals surface area contributed by atoms with Crippen molar-refractivity contribution >= 4 is 0 Å². The fourth-order valence-corrected chi connectivity index (χ4v) is 2.88. The zero-order valence-electron chi connectivity index (χ0n) is 12.6. The van der Waals surface area contributed by atoms with E-state index in [1.807, 2.05) is 7.05 Å². The van der Waals surface area contributed by atoms with Crippen LogP contribution in [0.3, 0.4) is 0 Å². The Bertz CT molecular complexity index is 419. The molecule has 2 unspecified atom stereocenters. The van der Waals surface area contributed by atoms with Crippen LogP contribution >= 0.6 is 0 Å². The molecule has 0 aliphatic carbocycles. The summed E-state index contributed by atoms with van der Waals surface area (Å²) in [6.45, 7) is 10.5. The van der Waals surface area contributed by atoms with Crippen molar-refractivity contribution in [1.82, 2.24) is 10.2 Å². The quantitative estimate of drug-likeness (QED) is 0.901. The number of benzene rings is 1. The van der Waals surface area contributed by atoms with Gasteiger partial charge in [0, 0.05) is 25.7 Å². The molecule has 19 heavy (non-hydrogen) atoms. The molecule has 1 aliphatic heterocycles. The summed E-state index contributed by atoms with van der Waals surface area (Å²) in [5.74, 6) is 0. The zero-order chi connectivity index (χ0) is 13.8. The largest absolute Gasteiger partial charge is 0.376 e. The van der Waals surface area contributed by atoms with E-state index < -0.39 is 0 Å². The summed E-state index contributed by atoms with van der Waals surface area (Å²) in [5, 5.41) is 3.46. The molecule has 0 spiro atoms. The van der Waals surface area contributed by atoms with Gasteiger partial charge in [-0.3, -0.25) is 4.90 Å². The minimum absolute atomic E-state index is 0.352. The molecule has 2 atom stereocenters. The molecule has 3 nitrogen and oxygen atoms in total. The lowest BCUT2D eigenvalue weighted by Gasteiger charge is -2.34. The third-order valence-electron chi connectivity index (χ3n) is 3.92. The summed E-state index contributed by atoms with van der Waals surface area (Å²) in [5.41, 5.74) is 4.11. The first kappa shape index (κ1) is 14.5. The third kappa shape index (κ3) is 3.78. The van der Waals surface area contributed by atoms with E-state index in [0.717, 1.165) is 26.2 Å². The maximum absolute atomic E-state index is 5.61. The second kappa shape index (κ2) is 6.51. The van der Waals surface area contributed by atoms with Crippen molar-refractivity contribution in [3.63, 3.8) is 0 Å². The smallest absolute Gasteiger partial charge is 0.0674 e. The molecule has 1 aromatic rings. The summed E-state index contributed by atoms with van der Waals surface area (Å²) in [6, 6.07) is 7.12. The van der Waals surface area contributed by atoms with Gasteiger partial charge in [-0.25, -0.2) is 0 Å². The normalized spacial score (nSPS) is 22.4. The maximum atomic E-state index is 5.61. The van der Waals surface area contributed by atoms with Crippen LogP contribution in [0.2, 0.25) is 0 Å². The van der Waals surface area contributed by atoms with Gasteiger partial charge in [-0.2, -0.15) is 0 Å². The number of hydrogen-bond acceptors (Lipinski definition) is 3. The lowest BCUT2D eigenvalue weighted by atomic mass is 9.98. The first-order valence-corrected chi connectivity index (χ1v) is 7.18. The van der Waals surface area contributed by atoms with Gasteiger partial charge in [-0.15, -0.1) is 0 Å². The summed E-state index contributed by atoms with van der Waals surface area (Å²) < 4.78 is 5.61. The van der Waals surface area contributed by atoms with Gasteiger partial charge in [-0.05, 0) is 38.9 Å². The lowest BCUT2D eigenvalue weighted by molar-refractivity contribution is -0.0209. The lowest BCUT2D eigenvalue weighted by Crippen LogP contribution is -2.44. The van der Waals surface area contributed by atoms with E-state index in [1.54, 1.807) is 0 Å². The number of likely N-dealkylation sites (N-methyl/N-ethyl adjacent to an activating group) is 1. The molecule has 0 amide bonds. The minimum Gasteiger partial charge on any atom is -0.376 e. The molecule has 3 heteroatoms. The van der Waals surface area contributed by atoms with Crippen LogP contribution in [0, 0.1) is 13.8 Å². The van der Waals surface area contributed by atoms with Crippen LogP contribution in [0.1, 0.15) is 29.7 Å². The molecule has 1 aliphatic rings. The summed E-state index contributed by atoms with van der Waals surface area (Å²) in [4.78, 5) is 2.49. The molecule has 1 heterocycles. The third-order valence-corrected chi connectivity index (χ3v) is 3.92. The van der Waals surface area contributed by atoms with Crippen LogP contribution in [0.5, 0.6) is 0 Å². The monoisotopic (exact) mass is 262 g/mol. The highest BCUT2D eigenvalue weighted by atomic mass is 16.5. The van der Waals surface area contributed by atoms with Crippen molar-refractivity contribution in [3.05, 3.63) is 34.9 Å². The highest BCUT2D eigenvalue weighted by Crippen LogP contribution is 2.20. The van der Waals surface area contributed by atoms with Gasteiger partial charge >= 0.3 is 0 Å². The van der Waals surface area contributed by atoms with Crippen molar-refractivity contribution in [2.24, 2.45) is 0 Å². The van der Waals surface area contributed by atoms with E-state index in [-0.39, 0.29) is 0 Å². The van der Waals surface area contributed by atoms with Crippen molar-refractivity contribution < 1.29 is 4.74 Å². The van der Waals surface area contributed by atoms with Crippen molar-refractivity contribution in [1.29, 1.82) is 0 Å². The molecule has 0 radical (unpaired) electrons. The minimum atomic E-state index is 0.352. The molecule has 1 aromatic carbocycles. The molecule has 106 valence electrons. The van der Waals surface area contributed by atoms with E-state index >= 15 is 0 Å². The van der Waals surface area contributed by atoms with Crippen LogP contribution < -0.4 is 5.32 Å². The molecule has 0 aromatic heterocycles. The molecule has 1 N–H and O–H groups in total. The molecule has 2 rings (SSSR count). The number of nitrogens with one attached hydrogen (secondary N) is 1. The highest BCUT2D eigenvalue weighted by molar-refractivity contribution is 5.33. The van der Waals surface area contributed by atoms with Gasteiger partial charge in [-0.1, -0.05) is 23.8 Å². The Balaban J connectivity index is 2.07. The summed E-state index contributed by atoms with van der Waals surface area (Å²) in [6.07, 6.45) is 0.352. The van der Waals surface area contributed by atoms with Crippen molar-refractivity contribution in [2.75, 3.05) is 33.3 Å². The van der Waals surface area contributed by atoms with Crippen LogP contribution in [-0.2, 0) is 4.74 Å². The van der Waals surface area contributed by atoms with Gasteiger partial charge in [0.1, 0.15) is 0 Å². The molecular weight excluding hydrogens is 236 g/mol. The molecule has 0 bridgehead atoms. The zero-order valence-corrected chi connectivity index (χ0v) is 12.6. The van der Waals surface area contributed by atoms with E-state index in [0.29, 0.717) is 12.1 Å². The molecule has 1 saturated heterocycles. The van der Waals surface area contributed by atoms with Crippen LogP contribution in [0.15, 0.2) is 18.2 Å². The highest BCUT2D eigenvalue weighted by Gasteiger charge is 2.21. The first-order valence-electron chi connectivity index (χ1n) is 7.18. The van der Waals surface area contributed by atoms with Crippen molar-refractivity contribution in [3.8, 4) is 0 Å². The Morgan fingerprint density at radius 1 is 1.42 bits per heavy atom. The number of rotatable bonds is 4. The first-order chi connectivity index (χ1) is 9.10. The Labute approximate surface area is 116 Å². The number of nitrogens with zero attached hydrogens (tertiary/aromatic N) is 1. The summed E-state index contributed by atoms with van der Waals surface area (Å²) in [7, 11) is 2.05. The standard InChI is InChI=1S/C16H26N2O/c1-12-5-6-15(13(2)9-12)16(17-4)11-18-7-8-19-14(3)10-18/h5-6,9,14,16-17H,7-8,10-11H2,1-4H3. The molecule has 1 fully saturated rings. The number of hydrogen-bond donors (Lipinski definition) is 1. The summed E-state index contributed by atoms with van der Waals surface area (Å²) >= 11 is 0. The van der Waals surface area contributed by atoms with Crippen LogP contribution in [0.25, 0.3) is 0 Å². The van der Waals surface area contributed by atoms with E-state index in [2.05, 4.69) is 49.2 Å². The fraction of sp³-hybridized carbons (Fsp3) is 0.625. The number of morpholine rings is 1.